The summed E-state index contributed by atoms with van der Waals surface area (Å²) in [6, 6.07) is 13.2. The Morgan fingerprint density at radius 3 is 2.45 bits per heavy atom. The summed E-state index contributed by atoms with van der Waals surface area (Å²) in [7, 11) is 0. The Balaban J connectivity index is 1.33. The zero-order valence-corrected chi connectivity index (χ0v) is 18.0. The number of nitrogens with one attached hydrogen (secondary N) is 1. The molecule has 31 heavy (non-hydrogen) atoms. The van der Waals surface area contributed by atoms with Gasteiger partial charge in [0.25, 0.3) is 5.91 Å². The molecule has 1 aromatic carbocycles. The van der Waals surface area contributed by atoms with Gasteiger partial charge < -0.3 is 14.6 Å². The number of carbonyl (C=O) groups is 2. The maximum absolute atomic E-state index is 13.3. The van der Waals surface area contributed by atoms with Gasteiger partial charge in [0.15, 0.2) is 5.76 Å². The van der Waals surface area contributed by atoms with Crippen molar-refractivity contribution in [2.75, 3.05) is 32.7 Å². The second-order valence-corrected chi connectivity index (χ2v) is 8.53. The first-order valence-electron chi connectivity index (χ1n) is 10.2. The van der Waals surface area contributed by atoms with Crippen LogP contribution >= 0.6 is 11.3 Å². The van der Waals surface area contributed by atoms with Crippen molar-refractivity contribution >= 4 is 23.2 Å². The van der Waals surface area contributed by atoms with Crippen LogP contribution in [-0.4, -0.2) is 54.3 Å². The van der Waals surface area contributed by atoms with E-state index >= 15 is 0 Å². The lowest BCUT2D eigenvalue weighted by Crippen LogP contribution is -2.51. The Morgan fingerprint density at radius 1 is 1.10 bits per heavy atom. The molecule has 0 saturated carbocycles. The van der Waals surface area contributed by atoms with Crippen molar-refractivity contribution in [2.45, 2.75) is 13.0 Å². The van der Waals surface area contributed by atoms with Crippen molar-refractivity contribution in [2.24, 2.45) is 0 Å². The van der Waals surface area contributed by atoms with Crippen LogP contribution in [0, 0.1) is 12.7 Å². The van der Waals surface area contributed by atoms with Crippen molar-refractivity contribution in [3.63, 3.8) is 0 Å². The average Bonchev–Trinajstić information content (AvgIpc) is 3.45. The lowest BCUT2D eigenvalue weighted by molar-refractivity contribution is -0.123. The van der Waals surface area contributed by atoms with Gasteiger partial charge in [-0.25, -0.2) is 4.39 Å². The van der Waals surface area contributed by atoms with Gasteiger partial charge in [-0.05, 0) is 48.2 Å². The molecule has 1 fully saturated rings. The minimum atomic E-state index is -0.321. The number of nitrogens with zero attached hydrogens (tertiary/aromatic N) is 2. The second-order valence-electron chi connectivity index (χ2n) is 7.55. The molecule has 4 rings (SSSR count). The molecule has 0 aliphatic carbocycles. The van der Waals surface area contributed by atoms with E-state index in [0.717, 1.165) is 10.4 Å². The van der Waals surface area contributed by atoms with E-state index in [9.17, 15) is 14.0 Å². The number of aryl methyl sites for hydroxylation is 1. The van der Waals surface area contributed by atoms with Gasteiger partial charge >= 0.3 is 0 Å². The number of rotatable bonds is 6. The molecule has 0 radical (unpaired) electrons. The van der Waals surface area contributed by atoms with Gasteiger partial charge in [0.05, 0.1) is 12.6 Å². The minimum Gasteiger partial charge on any atom is -0.456 e. The third kappa shape index (κ3) is 5.21. The standard InChI is InChI=1S/C23H24FN3O3S/c1-16-4-9-19(30-16)23(29)27-12-10-26(11-13-27)15-21(28)25-22(20-3-2-14-31-20)17-5-7-18(24)8-6-17/h2-9,14,22H,10-13,15H2,1H3,(H,25,28). The summed E-state index contributed by atoms with van der Waals surface area (Å²) >= 11 is 1.55. The van der Waals surface area contributed by atoms with Gasteiger partial charge in [-0.3, -0.25) is 14.5 Å². The Labute approximate surface area is 184 Å². The van der Waals surface area contributed by atoms with E-state index in [1.165, 1.54) is 12.1 Å². The van der Waals surface area contributed by atoms with Gasteiger partial charge in [0.1, 0.15) is 11.6 Å². The molecule has 1 aliphatic rings. The molecule has 3 heterocycles. The fraction of sp³-hybridized carbons (Fsp3) is 0.304. The number of piperazine rings is 1. The van der Waals surface area contributed by atoms with E-state index in [2.05, 4.69) is 5.32 Å². The van der Waals surface area contributed by atoms with Crippen LogP contribution in [0.4, 0.5) is 4.39 Å². The maximum atomic E-state index is 13.3. The number of furan rings is 1. The highest BCUT2D eigenvalue weighted by molar-refractivity contribution is 7.10. The Hall–Kier alpha value is -2.97. The number of hydrogen-bond donors (Lipinski definition) is 1. The number of benzene rings is 1. The first kappa shape index (κ1) is 21.3. The van der Waals surface area contributed by atoms with Crippen molar-refractivity contribution in [1.29, 1.82) is 0 Å². The number of hydrogen-bond acceptors (Lipinski definition) is 5. The molecule has 1 N–H and O–H groups in total. The topological polar surface area (TPSA) is 65.8 Å². The van der Waals surface area contributed by atoms with Crippen LogP contribution in [0.25, 0.3) is 0 Å². The van der Waals surface area contributed by atoms with Crippen LogP contribution in [-0.2, 0) is 4.79 Å². The molecule has 6 nitrogen and oxygen atoms in total. The third-order valence-electron chi connectivity index (χ3n) is 5.31. The number of amides is 2. The summed E-state index contributed by atoms with van der Waals surface area (Å²) in [6.07, 6.45) is 0. The predicted molar refractivity (Wildman–Crippen MR) is 116 cm³/mol. The molecule has 8 heteroatoms. The summed E-state index contributed by atoms with van der Waals surface area (Å²) in [5.41, 5.74) is 0.835. The van der Waals surface area contributed by atoms with Crippen LogP contribution < -0.4 is 5.32 Å². The molecule has 162 valence electrons. The Kier molecular flexibility index (Phi) is 6.48. The number of thiophene rings is 1. The molecule has 3 aromatic rings. The van der Waals surface area contributed by atoms with E-state index in [-0.39, 0.29) is 30.2 Å². The van der Waals surface area contributed by atoms with E-state index in [4.69, 9.17) is 4.42 Å². The highest BCUT2D eigenvalue weighted by Crippen LogP contribution is 2.26. The van der Waals surface area contributed by atoms with Gasteiger partial charge in [-0.15, -0.1) is 11.3 Å². The fourth-order valence-electron chi connectivity index (χ4n) is 3.65. The number of carbonyl (C=O) groups excluding carboxylic acids is 2. The van der Waals surface area contributed by atoms with E-state index in [1.54, 1.807) is 40.5 Å². The molecular formula is C23H24FN3O3S. The molecular weight excluding hydrogens is 417 g/mol. The van der Waals surface area contributed by atoms with Gasteiger partial charge in [-0.2, -0.15) is 0 Å². The predicted octanol–water partition coefficient (Wildman–Crippen LogP) is 3.45. The molecule has 1 saturated heterocycles. The molecule has 2 amide bonds. The lowest BCUT2D eigenvalue weighted by Gasteiger charge is -2.34. The molecule has 2 aromatic heterocycles. The van der Waals surface area contributed by atoms with Crippen molar-refractivity contribution in [3.8, 4) is 0 Å². The summed E-state index contributed by atoms with van der Waals surface area (Å²) in [6.45, 7) is 4.35. The summed E-state index contributed by atoms with van der Waals surface area (Å²) in [5, 5.41) is 5.03. The van der Waals surface area contributed by atoms with E-state index in [1.807, 2.05) is 29.3 Å². The third-order valence-corrected chi connectivity index (χ3v) is 6.25. The normalized spacial score (nSPS) is 15.6. The van der Waals surface area contributed by atoms with Gasteiger partial charge in [0, 0.05) is 31.1 Å². The lowest BCUT2D eigenvalue weighted by atomic mass is 10.1. The van der Waals surface area contributed by atoms with Crippen molar-refractivity contribution in [1.82, 2.24) is 15.1 Å². The number of halogens is 1. The maximum Gasteiger partial charge on any atom is 0.289 e. The first-order valence-corrected chi connectivity index (χ1v) is 11.0. The van der Waals surface area contributed by atoms with Gasteiger partial charge in [-0.1, -0.05) is 18.2 Å². The first-order chi connectivity index (χ1) is 15.0. The smallest absolute Gasteiger partial charge is 0.289 e. The molecule has 1 unspecified atom stereocenters. The van der Waals surface area contributed by atoms with Crippen LogP contribution in [0.15, 0.2) is 58.3 Å². The summed E-state index contributed by atoms with van der Waals surface area (Å²) in [4.78, 5) is 30.1. The Morgan fingerprint density at radius 2 is 1.84 bits per heavy atom. The second kappa shape index (κ2) is 9.45. The molecule has 1 aliphatic heterocycles. The van der Waals surface area contributed by atoms with E-state index < -0.39 is 0 Å². The quantitative estimate of drug-likeness (QED) is 0.636. The highest BCUT2D eigenvalue weighted by Gasteiger charge is 2.26. The average molecular weight is 442 g/mol. The SMILES string of the molecule is Cc1ccc(C(=O)N2CCN(CC(=O)NC(c3ccc(F)cc3)c3cccs3)CC2)o1. The zero-order valence-electron chi connectivity index (χ0n) is 17.2. The minimum absolute atomic E-state index is 0.107. The molecule has 1 atom stereocenters. The van der Waals surface area contributed by atoms with Crippen LogP contribution in [0.5, 0.6) is 0 Å². The van der Waals surface area contributed by atoms with Crippen LogP contribution in [0.1, 0.15) is 32.8 Å². The zero-order chi connectivity index (χ0) is 21.8. The largest absolute Gasteiger partial charge is 0.456 e. The Bertz CT molecular complexity index is 1020. The van der Waals surface area contributed by atoms with Gasteiger partial charge in [0.2, 0.25) is 5.91 Å². The van der Waals surface area contributed by atoms with Crippen LogP contribution in [0.2, 0.25) is 0 Å². The molecule has 0 bridgehead atoms. The van der Waals surface area contributed by atoms with Crippen molar-refractivity contribution < 1.29 is 18.4 Å². The van der Waals surface area contributed by atoms with Crippen molar-refractivity contribution in [3.05, 3.63) is 81.7 Å². The highest BCUT2D eigenvalue weighted by atomic mass is 32.1. The fourth-order valence-corrected chi connectivity index (χ4v) is 4.46. The molecule has 0 spiro atoms. The summed E-state index contributed by atoms with van der Waals surface area (Å²) in [5.74, 6) is 0.523. The van der Waals surface area contributed by atoms with E-state index in [0.29, 0.717) is 37.7 Å². The van der Waals surface area contributed by atoms with Crippen LogP contribution in [0.3, 0.4) is 0 Å². The monoisotopic (exact) mass is 441 g/mol. The summed E-state index contributed by atoms with van der Waals surface area (Å²) < 4.78 is 18.8.